The second kappa shape index (κ2) is 12.3. The standard InChI is InChI=1S/C26H27N3O6/c1-3-11-34-26(32)28-22-14-24(35-17-18-7-5-4-6-8-18)23(33-2)13-21(22)25(31)29-15-19(9-10-27)12-20(29)16-30/h3-8,13-15,20,30H,1,9,11-12,16-17H2,2H3,(H,28,32)/t20-/m0/s1. The SMILES string of the molecule is C=CCOC(=O)Nc1cc(OCc2ccccc2)c(OC)cc1C(=O)N1C=C(CC#N)C[C@H]1CO. The third-order valence-corrected chi connectivity index (χ3v) is 5.30. The van der Waals surface area contributed by atoms with Gasteiger partial charge in [0.15, 0.2) is 11.5 Å². The molecule has 2 N–H and O–H groups in total. The van der Waals surface area contributed by atoms with Crippen molar-refractivity contribution in [2.75, 3.05) is 25.6 Å². The zero-order chi connectivity index (χ0) is 25.2. The van der Waals surface area contributed by atoms with E-state index in [1.807, 2.05) is 30.3 Å². The van der Waals surface area contributed by atoms with Crippen LogP contribution >= 0.6 is 0 Å². The van der Waals surface area contributed by atoms with Crippen molar-refractivity contribution in [1.29, 1.82) is 5.26 Å². The molecule has 0 aliphatic carbocycles. The summed E-state index contributed by atoms with van der Waals surface area (Å²) >= 11 is 0. The van der Waals surface area contributed by atoms with Crippen molar-refractivity contribution < 1.29 is 28.9 Å². The van der Waals surface area contributed by atoms with Crippen LogP contribution in [-0.2, 0) is 11.3 Å². The van der Waals surface area contributed by atoms with Gasteiger partial charge in [-0.2, -0.15) is 5.26 Å². The lowest BCUT2D eigenvalue weighted by Gasteiger charge is -2.24. The van der Waals surface area contributed by atoms with Crippen molar-refractivity contribution in [2.24, 2.45) is 0 Å². The van der Waals surface area contributed by atoms with Crippen LogP contribution < -0.4 is 14.8 Å². The number of nitrogens with one attached hydrogen (secondary N) is 1. The molecule has 0 spiro atoms. The average Bonchev–Trinajstić information content (AvgIpc) is 3.29. The molecule has 3 rings (SSSR count). The molecule has 0 unspecified atom stereocenters. The predicted molar refractivity (Wildman–Crippen MR) is 129 cm³/mol. The molecule has 0 radical (unpaired) electrons. The molecule has 1 atom stereocenters. The lowest BCUT2D eigenvalue weighted by molar-refractivity contribution is 0.0732. The summed E-state index contributed by atoms with van der Waals surface area (Å²) in [5.41, 5.74) is 1.91. The number of nitriles is 1. The lowest BCUT2D eigenvalue weighted by atomic mass is 10.1. The summed E-state index contributed by atoms with van der Waals surface area (Å²) in [5.74, 6) is 0.118. The Morgan fingerprint density at radius 1 is 1.29 bits per heavy atom. The fraction of sp³-hybridized carbons (Fsp3) is 0.269. The Balaban J connectivity index is 1.97. The number of methoxy groups -OCH3 is 1. The Labute approximate surface area is 203 Å². The maximum Gasteiger partial charge on any atom is 0.411 e. The number of nitrogens with zero attached hydrogens (tertiary/aromatic N) is 2. The number of benzene rings is 2. The molecular formula is C26H27N3O6. The minimum absolute atomic E-state index is 0.0123. The molecule has 2 aromatic carbocycles. The highest BCUT2D eigenvalue weighted by Crippen LogP contribution is 2.36. The Morgan fingerprint density at radius 3 is 2.71 bits per heavy atom. The average molecular weight is 478 g/mol. The summed E-state index contributed by atoms with van der Waals surface area (Å²) in [6.07, 6.45) is 2.74. The highest BCUT2D eigenvalue weighted by molar-refractivity contribution is 6.04. The smallest absolute Gasteiger partial charge is 0.411 e. The molecule has 0 fully saturated rings. The number of ether oxygens (including phenoxy) is 3. The number of carbonyl (C=O) groups excluding carboxylic acids is 2. The zero-order valence-electron chi connectivity index (χ0n) is 19.4. The fourth-order valence-electron chi connectivity index (χ4n) is 3.62. The third kappa shape index (κ3) is 6.40. The first-order valence-corrected chi connectivity index (χ1v) is 10.9. The third-order valence-electron chi connectivity index (χ3n) is 5.30. The summed E-state index contributed by atoms with van der Waals surface area (Å²) in [7, 11) is 1.45. The highest BCUT2D eigenvalue weighted by atomic mass is 16.5. The number of hydrogen-bond donors (Lipinski definition) is 2. The molecule has 0 saturated carbocycles. The molecule has 35 heavy (non-hydrogen) atoms. The molecule has 9 heteroatoms. The maximum atomic E-state index is 13.5. The topological polar surface area (TPSA) is 121 Å². The van der Waals surface area contributed by atoms with Crippen molar-refractivity contribution in [1.82, 2.24) is 4.90 Å². The van der Waals surface area contributed by atoms with E-state index in [0.717, 1.165) is 11.1 Å². The van der Waals surface area contributed by atoms with Crippen LogP contribution in [0.25, 0.3) is 0 Å². The molecule has 2 amide bonds. The first-order chi connectivity index (χ1) is 17.0. The number of carbonyl (C=O) groups is 2. The molecule has 1 heterocycles. The van der Waals surface area contributed by atoms with E-state index in [1.54, 1.807) is 6.20 Å². The van der Waals surface area contributed by atoms with E-state index >= 15 is 0 Å². The molecule has 0 saturated heterocycles. The van der Waals surface area contributed by atoms with Crippen LogP contribution in [0.5, 0.6) is 11.5 Å². The Kier molecular flexibility index (Phi) is 8.87. The second-order valence-electron chi connectivity index (χ2n) is 7.71. The molecule has 9 nitrogen and oxygen atoms in total. The van der Waals surface area contributed by atoms with Crippen LogP contribution in [0.3, 0.4) is 0 Å². The Hall–Kier alpha value is -4.29. The van der Waals surface area contributed by atoms with Crippen molar-refractivity contribution in [3.63, 3.8) is 0 Å². The van der Waals surface area contributed by atoms with E-state index in [4.69, 9.17) is 19.5 Å². The molecular weight excluding hydrogens is 450 g/mol. The van der Waals surface area contributed by atoms with Gasteiger partial charge >= 0.3 is 6.09 Å². The predicted octanol–water partition coefficient (Wildman–Crippen LogP) is 4.01. The van der Waals surface area contributed by atoms with Gasteiger partial charge in [0.1, 0.15) is 13.2 Å². The van der Waals surface area contributed by atoms with Crippen molar-refractivity contribution in [2.45, 2.75) is 25.5 Å². The first kappa shape index (κ1) is 25.3. The number of hydrogen-bond acceptors (Lipinski definition) is 7. The number of amides is 2. The molecule has 0 bridgehead atoms. The molecule has 182 valence electrons. The minimum atomic E-state index is -0.779. The van der Waals surface area contributed by atoms with Gasteiger partial charge in [-0.15, -0.1) is 0 Å². The van der Waals surface area contributed by atoms with Gasteiger partial charge in [0.05, 0.1) is 43.5 Å². The van der Waals surface area contributed by atoms with Crippen LogP contribution in [0.4, 0.5) is 10.5 Å². The maximum absolute atomic E-state index is 13.5. The van der Waals surface area contributed by atoms with Crippen LogP contribution in [0.2, 0.25) is 0 Å². The monoisotopic (exact) mass is 477 g/mol. The van der Waals surface area contributed by atoms with E-state index in [9.17, 15) is 14.7 Å². The number of anilines is 1. The van der Waals surface area contributed by atoms with Gasteiger partial charge in [0.25, 0.3) is 5.91 Å². The minimum Gasteiger partial charge on any atom is -0.493 e. The number of aliphatic hydroxyl groups excluding tert-OH is 1. The Bertz CT molecular complexity index is 1140. The van der Waals surface area contributed by atoms with Crippen LogP contribution in [0.1, 0.15) is 28.8 Å². The molecule has 2 aromatic rings. The zero-order valence-corrected chi connectivity index (χ0v) is 19.4. The molecule has 1 aliphatic rings. The molecule has 1 aliphatic heterocycles. The van der Waals surface area contributed by atoms with Gasteiger partial charge in [0, 0.05) is 12.3 Å². The van der Waals surface area contributed by atoms with Gasteiger partial charge in [0.2, 0.25) is 0 Å². The van der Waals surface area contributed by atoms with Gasteiger partial charge in [-0.1, -0.05) is 43.0 Å². The number of aliphatic hydroxyl groups is 1. The lowest BCUT2D eigenvalue weighted by Crippen LogP contribution is -2.36. The summed E-state index contributed by atoms with van der Waals surface area (Å²) in [4.78, 5) is 27.2. The fourth-order valence-corrected chi connectivity index (χ4v) is 3.62. The summed E-state index contributed by atoms with van der Waals surface area (Å²) < 4.78 is 16.4. The van der Waals surface area contributed by atoms with Gasteiger partial charge < -0.3 is 24.2 Å². The highest BCUT2D eigenvalue weighted by Gasteiger charge is 2.31. The summed E-state index contributed by atoms with van der Waals surface area (Å²) in [6, 6.07) is 14.0. The quantitative estimate of drug-likeness (QED) is 0.496. The van der Waals surface area contributed by atoms with E-state index in [2.05, 4.69) is 18.0 Å². The summed E-state index contributed by atoms with van der Waals surface area (Å²) in [5, 5.41) is 21.4. The van der Waals surface area contributed by atoms with Crippen molar-refractivity contribution in [3.8, 4) is 17.6 Å². The van der Waals surface area contributed by atoms with E-state index < -0.39 is 18.0 Å². The van der Waals surface area contributed by atoms with Crippen LogP contribution in [0.15, 0.2) is 66.9 Å². The van der Waals surface area contributed by atoms with E-state index in [1.165, 1.54) is 30.2 Å². The largest absolute Gasteiger partial charge is 0.493 e. The van der Waals surface area contributed by atoms with E-state index in [0.29, 0.717) is 12.2 Å². The van der Waals surface area contributed by atoms with Gasteiger partial charge in [-0.3, -0.25) is 10.1 Å². The first-order valence-electron chi connectivity index (χ1n) is 10.9. The normalized spacial score (nSPS) is 14.5. The second-order valence-corrected chi connectivity index (χ2v) is 7.71. The van der Waals surface area contributed by atoms with Crippen molar-refractivity contribution >= 4 is 17.7 Å². The van der Waals surface area contributed by atoms with Crippen LogP contribution in [0, 0.1) is 11.3 Å². The van der Waals surface area contributed by atoms with Crippen molar-refractivity contribution in [3.05, 3.63) is 78.0 Å². The van der Waals surface area contributed by atoms with E-state index in [-0.39, 0.29) is 43.2 Å². The molecule has 0 aromatic heterocycles. The van der Waals surface area contributed by atoms with Gasteiger partial charge in [-0.05, 0) is 23.6 Å². The van der Waals surface area contributed by atoms with Crippen LogP contribution in [-0.4, -0.2) is 48.4 Å². The van der Waals surface area contributed by atoms with Gasteiger partial charge in [-0.25, -0.2) is 4.79 Å². The Morgan fingerprint density at radius 2 is 2.06 bits per heavy atom. The number of rotatable bonds is 10. The summed E-state index contributed by atoms with van der Waals surface area (Å²) in [6.45, 7) is 3.46.